The molecule has 0 atom stereocenters. The van der Waals surface area contributed by atoms with Gasteiger partial charge in [0, 0.05) is 26.1 Å². The van der Waals surface area contributed by atoms with Crippen molar-refractivity contribution in [2.75, 3.05) is 28.7 Å². The molecule has 1 aliphatic heterocycles. The van der Waals surface area contributed by atoms with E-state index in [4.69, 9.17) is 4.52 Å². The van der Waals surface area contributed by atoms with Crippen LogP contribution in [-0.4, -0.2) is 35.2 Å². The van der Waals surface area contributed by atoms with Crippen LogP contribution >= 0.6 is 0 Å². The van der Waals surface area contributed by atoms with Crippen LogP contribution in [0.5, 0.6) is 0 Å². The topological polar surface area (TPSA) is 90.7 Å². The Labute approximate surface area is 151 Å². The minimum absolute atomic E-state index is 0.0306. The van der Waals surface area contributed by atoms with E-state index in [1.165, 1.54) is 30.1 Å². The van der Waals surface area contributed by atoms with E-state index in [2.05, 4.69) is 15.8 Å². The minimum atomic E-state index is -4.42. The van der Waals surface area contributed by atoms with Crippen LogP contribution < -0.4 is 15.6 Å². The van der Waals surface area contributed by atoms with Gasteiger partial charge in [0.25, 0.3) is 0 Å². The zero-order chi connectivity index (χ0) is 19.6. The molecule has 2 N–H and O–H groups in total. The van der Waals surface area contributed by atoms with Crippen molar-refractivity contribution >= 4 is 29.3 Å². The third kappa shape index (κ3) is 4.30. The maximum absolute atomic E-state index is 12.7. The summed E-state index contributed by atoms with van der Waals surface area (Å²) < 4.78 is 43.0. The van der Waals surface area contributed by atoms with Gasteiger partial charge in [0.15, 0.2) is 5.82 Å². The van der Waals surface area contributed by atoms with Gasteiger partial charge >= 0.3 is 12.2 Å². The number of halogens is 3. The highest BCUT2D eigenvalue weighted by Gasteiger charge is 2.32. The second-order valence-electron chi connectivity index (χ2n) is 5.83. The van der Waals surface area contributed by atoms with E-state index in [1.807, 2.05) is 0 Å². The van der Waals surface area contributed by atoms with Crippen LogP contribution in [0, 0.1) is 0 Å². The predicted octanol–water partition coefficient (Wildman–Crippen LogP) is 3.31. The maximum Gasteiger partial charge on any atom is 0.416 e. The Bertz CT molecular complexity index is 835. The molecule has 0 aliphatic carbocycles. The van der Waals surface area contributed by atoms with Crippen LogP contribution in [0.15, 0.2) is 34.9 Å². The van der Waals surface area contributed by atoms with Gasteiger partial charge in [-0.1, -0.05) is 5.16 Å². The number of benzene rings is 1. The van der Waals surface area contributed by atoms with Crippen LogP contribution in [0.1, 0.15) is 18.9 Å². The second-order valence-corrected chi connectivity index (χ2v) is 5.83. The van der Waals surface area contributed by atoms with Gasteiger partial charge in [0.2, 0.25) is 11.8 Å². The third-order valence-electron chi connectivity index (χ3n) is 3.80. The number of carbonyl (C=O) groups is 2. The number of anilines is 3. The van der Waals surface area contributed by atoms with Gasteiger partial charge in [-0.25, -0.2) is 9.80 Å². The summed E-state index contributed by atoms with van der Waals surface area (Å²) in [7, 11) is 0. The highest BCUT2D eigenvalue weighted by Crippen LogP contribution is 2.31. The molecule has 0 saturated carbocycles. The van der Waals surface area contributed by atoms with Crippen LogP contribution in [0.25, 0.3) is 0 Å². The Morgan fingerprint density at radius 2 is 1.85 bits per heavy atom. The van der Waals surface area contributed by atoms with Crippen molar-refractivity contribution in [1.29, 1.82) is 0 Å². The smallest absolute Gasteiger partial charge is 0.336 e. The van der Waals surface area contributed by atoms with Gasteiger partial charge in [-0.15, -0.1) is 0 Å². The van der Waals surface area contributed by atoms with Crippen molar-refractivity contribution in [2.45, 2.75) is 19.5 Å². The van der Waals surface area contributed by atoms with Gasteiger partial charge in [-0.05, 0) is 30.7 Å². The number of nitrogens with zero attached hydrogens (tertiary/aromatic N) is 3. The van der Waals surface area contributed by atoms with Crippen LogP contribution in [0.4, 0.5) is 35.4 Å². The molecule has 1 aliphatic rings. The molecule has 0 unspecified atom stereocenters. The molecular formula is C16H16F3N5O3. The van der Waals surface area contributed by atoms with Crippen molar-refractivity contribution in [2.24, 2.45) is 0 Å². The number of amides is 3. The highest BCUT2D eigenvalue weighted by molar-refractivity contribution is 5.91. The second kappa shape index (κ2) is 7.17. The maximum atomic E-state index is 12.7. The SMILES string of the molecule is CC(=O)Nc1cc(NC(=O)N2CCCN2c2ccc(C(F)(F)F)cc2)on1. The number of carbonyl (C=O) groups excluding carboxylic acids is 2. The number of urea groups is 1. The highest BCUT2D eigenvalue weighted by atomic mass is 19.4. The molecule has 2 heterocycles. The van der Waals surface area contributed by atoms with Gasteiger partial charge < -0.3 is 9.84 Å². The lowest BCUT2D eigenvalue weighted by Crippen LogP contribution is -2.43. The van der Waals surface area contributed by atoms with Crippen LogP contribution in [-0.2, 0) is 11.0 Å². The fourth-order valence-corrected chi connectivity index (χ4v) is 2.66. The molecule has 3 amide bonds. The molecule has 8 nitrogen and oxygen atoms in total. The summed E-state index contributed by atoms with van der Waals surface area (Å²) in [6.07, 6.45) is -3.76. The normalized spacial score (nSPS) is 14.4. The standard InChI is InChI=1S/C16H16F3N5O3/c1-10(25)20-13-9-14(27-22-13)21-15(26)24-8-2-7-23(24)12-5-3-11(4-6-12)16(17,18)19/h3-6,9H,2,7-8H2,1H3,(H,21,26)(H,20,22,25). The monoisotopic (exact) mass is 383 g/mol. The van der Waals surface area contributed by atoms with Gasteiger partial charge in [0.05, 0.1) is 11.3 Å². The molecule has 1 aromatic carbocycles. The van der Waals surface area contributed by atoms with E-state index >= 15 is 0 Å². The summed E-state index contributed by atoms with van der Waals surface area (Å²) in [5.41, 5.74) is -0.291. The number of rotatable bonds is 3. The van der Waals surface area contributed by atoms with Crippen molar-refractivity contribution < 1.29 is 27.3 Å². The molecule has 144 valence electrons. The van der Waals surface area contributed by atoms with Gasteiger partial charge in [0.1, 0.15) is 0 Å². The van der Waals surface area contributed by atoms with Crippen molar-refractivity contribution in [3.8, 4) is 0 Å². The first kappa shape index (κ1) is 18.5. The lowest BCUT2D eigenvalue weighted by atomic mass is 10.2. The molecule has 1 saturated heterocycles. The first-order chi connectivity index (χ1) is 12.7. The average molecular weight is 383 g/mol. The molecule has 2 aromatic rings. The predicted molar refractivity (Wildman–Crippen MR) is 89.9 cm³/mol. The number of hydrogen-bond donors (Lipinski definition) is 2. The van der Waals surface area contributed by atoms with E-state index in [0.29, 0.717) is 25.2 Å². The molecule has 1 fully saturated rings. The first-order valence-corrected chi connectivity index (χ1v) is 8.01. The van der Waals surface area contributed by atoms with Gasteiger partial charge in [-0.3, -0.25) is 15.1 Å². The Hall–Kier alpha value is -3.24. The first-order valence-electron chi connectivity index (χ1n) is 8.01. The summed E-state index contributed by atoms with van der Waals surface area (Å²) in [5.74, 6) is -0.156. The average Bonchev–Trinajstić information content (AvgIpc) is 3.23. The Morgan fingerprint density at radius 3 is 2.48 bits per heavy atom. The van der Waals surface area contributed by atoms with Crippen molar-refractivity contribution in [1.82, 2.24) is 10.2 Å². The molecule has 0 bridgehead atoms. The summed E-state index contributed by atoms with van der Waals surface area (Å²) in [6, 6.07) is 5.39. The molecule has 0 radical (unpaired) electrons. The molecule has 1 aromatic heterocycles. The lowest BCUT2D eigenvalue weighted by Gasteiger charge is -2.29. The molecular weight excluding hydrogens is 367 g/mol. The van der Waals surface area contributed by atoms with Gasteiger partial charge in [-0.2, -0.15) is 13.2 Å². The van der Waals surface area contributed by atoms with E-state index in [9.17, 15) is 22.8 Å². The van der Waals surface area contributed by atoms with E-state index < -0.39 is 17.8 Å². The quantitative estimate of drug-likeness (QED) is 0.849. The lowest BCUT2D eigenvalue weighted by molar-refractivity contribution is -0.137. The Morgan fingerprint density at radius 1 is 1.15 bits per heavy atom. The fourth-order valence-electron chi connectivity index (χ4n) is 2.66. The molecule has 27 heavy (non-hydrogen) atoms. The summed E-state index contributed by atoms with van der Waals surface area (Å²) in [4.78, 5) is 23.4. The number of aromatic nitrogens is 1. The summed E-state index contributed by atoms with van der Waals surface area (Å²) in [6.45, 7) is 2.17. The largest absolute Gasteiger partial charge is 0.416 e. The zero-order valence-corrected chi connectivity index (χ0v) is 14.2. The van der Waals surface area contributed by atoms with Crippen molar-refractivity contribution in [3.63, 3.8) is 0 Å². The van der Waals surface area contributed by atoms with Crippen LogP contribution in [0.3, 0.4) is 0 Å². The Kier molecular flexibility index (Phi) is 4.93. The number of hydrogen-bond acceptors (Lipinski definition) is 5. The zero-order valence-electron chi connectivity index (χ0n) is 14.2. The summed E-state index contributed by atoms with van der Waals surface area (Å²) in [5, 5.41) is 11.4. The number of hydrazine groups is 1. The fraction of sp³-hybridized carbons (Fsp3) is 0.312. The van der Waals surface area contributed by atoms with Crippen LogP contribution in [0.2, 0.25) is 0 Å². The molecule has 0 spiro atoms. The van der Waals surface area contributed by atoms with E-state index in [0.717, 1.165) is 12.1 Å². The number of nitrogens with one attached hydrogen (secondary N) is 2. The molecule has 3 rings (SSSR count). The van der Waals surface area contributed by atoms with E-state index in [1.54, 1.807) is 5.01 Å². The number of alkyl halides is 3. The minimum Gasteiger partial charge on any atom is -0.336 e. The Balaban J connectivity index is 1.69. The molecule has 11 heteroatoms. The van der Waals surface area contributed by atoms with Crippen molar-refractivity contribution in [3.05, 3.63) is 35.9 Å². The van der Waals surface area contributed by atoms with E-state index in [-0.39, 0.29) is 17.6 Å². The summed E-state index contributed by atoms with van der Waals surface area (Å²) >= 11 is 0. The third-order valence-corrected chi connectivity index (χ3v) is 3.80.